The van der Waals surface area contributed by atoms with Crippen LogP contribution in [0.4, 0.5) is 17.1 Å². The van der Waals surface area contributed by atoms with E-state index in [1.54, 1.807) is 0 Å². The molecule has 0 aromatic heterocycles. The lowest BCUT2D eigenvalue weighted by Gasteiger charge is -2.34. The molecule has 0 spiro atoms. The summed E-state index contributed by atoms with van der Waals surface area (Å²) in [5.41, 5.74) is 5.74. The minimum absolute atomic E-state index is 0.0504. The van der Waals surface area contributed by atoms with Gasteiger partial charge in [0, 0.05) is 30.0 Å². The maximum atomic E-state index is 12.4. The third kappa shape index (κ3) is 5.07. The Balaban J connectivity index is 1.22. The van der Waals surface area contributed by atoms with Gasteiger partial charge in [-0.15, -0.1) is 0 Å². The van der Waals surface area contributed by atoms with Gasteiger partial charge in [-0.1, -0.05) is 12.1 Å². The zero-order valence-electron chi connectivity index (χ0n) is 18.6. The molecule has 2 aliphatic heterocycles. The molecule has 2 amide bonds. The minimum Gasteiger partial charge on any atom is -0.360 e. The maximum Gasteiger partial charge on any atom is 0.230 e. The number of carbonyl (C=O) groups excluding carboxylic acids is 2. The van der Waals surface area contributed by atoms with E-state index in [0.717, 1.165) is 57.1 Å². The molecule has 2 aromatic carbocycles. The monoisotopic (exact) mass is 421 g/mol. The van der Waals surface area contributed by atoms with E-state index in [0.29, 0.717) is 12.8 Å². The molecule has 0 bridgehead atoms. The second-order valence-electron chi connectivity index (χ2n) is 8.70. The highest BCUT2D eigenvalue weighted by molar-refractivity contribution is 5.96. The van der Waals surface area contributed by atoms with Crippen molar-refractivity contribution in [2.24, 2.45) is 0 Å². The lowest BCUT2D eigenvalue weighted by atomic mass is 10.1. The predicted octanol–water partition coefficient (Wildman–Crippen LogP) is 2.16. The van der Waals surface area contributed by atoms with Crippen LogP contribution in [0.3, 0.4) is 0 Å². The van der Waals surface area contributed by atoms with Crippen molar-refractivity contribution >= 4 is 28.9 Å². The maximum absolute atomic E-state index is 12.4. The Kier molecular flexibility index (Phi) is 6.56. The van der Waals surface area contributed by atoms with Gasteiger partial charge < -0.3 is 20.0 Å². The van der Waals surface area contributed by atoms with Crippen molar-refractivity contribution in [2.75, 3.05) is 54.4 Å². The quantitative estimate of drug-likeness (QED) is 0.752. The van der Waals surface area contributed by atoms with Gasteiger partial charge in [0.1, 0.15) is 0 Å². The minimum atomic E-state index is 0.0504. The Morgan fingerprint density at radius 2 is 1.77 bits per heavy atom. The van der Waals surface area contributed by atoms with Crippen molar-refractivity contribution in [3.63, 3.8) is 0 Å². The summed E-state index contributed by atoms with van der Waals surface area (Å²) >= 11 is 0. The van der Waals surface area contributed by atoms with Gasteiger partial charge in [-0.2, -0.15) is 0 Å². The number of amides is 2. The molecule has 4 rings (SSSR count). The van der Waals surface area contributed by atoms with Crippen molar-refractivity contribution in [1.82, 2.24) is 0 Å². The Morgan fingerprint density at radius 1 is 1.03 bits per heavy atom. The zero-order valence-corrected chi connectivity index (χ0v) is 18.6. The van der Waals surface area contributed by atoms with Gasteiger partial charge in [-0.3, -0.25) is 9.59 Å². The highest BCUT2D eigenvalue weighted by Crippen LogP contribution is 2.24. The van der Waals surface area contributed by atoms with Crippen LogP contribution in [0.2, 0.25) is 0 Å². The summed E-state index contributed by atoms with van der Waals surface area (Å²) in [6, 6.07) is 14.1. The summed E-state index contributed by atoms with van der Waals surface area (Å²) in [6.45, 7) is 10.2. The van der Waals surface area contributed by atoms with E-state index in [9.17, 15) is 9.59 Å². The number of benzene rings is 2. The molecular formula is C25H33N4O2+. The van der Waals surface area contributed by atoms with E-state index >= 15 is 0 Å². The molecule has 2 aliphatic rings. The highest BCUT2D eigenvalue weighted by Gasteiger charge is 2.23. The van der Waals surface area contributed by atoms with Crippen molar-refractivity contribution in [3.05, 3.63) is 53.6 Å². The van der Waals surface area contributed by atoms with E-state index in [-0.39, 0.29) is 11.8 Å². The molecular weight excluding hydrogens is 388 g/mol. The topological polar surface area (TPSA) is 57.1 Å². The first kappa shape index (κ1) is 21.4. The molecule has 31 heavy (non-hydrogen) atoms. The normalized spacial score (nSPS) is 17.3. The number of hydrogen-bond donors (Lipinski definition) is 2. The summed E-state index contributed by atoms with van der Waals surface area (Å²) in [4.78, 5) is 30.0. The van der Waals surface area contributed by atoms with Crippen LogP contribution in [0.5, 0.6) is 0 Å². The number of carbonyl (C=O) groups is 2. The van der Waals surface area contributed by atoms with Gasteiger partial charge in [-0.25, -0.2) is 0 Å². The van der Waals surface area contributed by atoms with E-state index in [1.165, 1.54) is 21.7 Å². The average Bonchev–Trinajstić information content (AvgIpc) is 3.21. The second-order valence-corrected chi connectivity index (χ2v) is 8.70. The van der Waals surface area contributed by atoms with Crippen LogP contribution in [0.15, 0.2) is 42.5 Å². The average molecular weight is 422 g/mol. The molecule has 6 heteroatoms. The molecule has 2 heterocycles. The first-order valence-electron chi connectivity index (χ1n) is 11.4. The molecule has 2 aromatic rings. The number of nitrogens with one attached hydrogen (secondary N) is 2. The number of nitrogens with zero attached hydrogens (tertiary/aromatic N) is 2. The highest BCUT2D eigenvalue weighted by atomic mass is 16.2. The lowest BCUT2D eigenvalue weighted by Crippen LogP contribution is -3.15. The molecule has 0 aliphatic carbocycles. The van der Waals surface area contributed by atoms with Gasteiger partial charge in [0.15, 0.2) is 0 Å². The van der Waals surface area contributed by atoms with Crippen molar-refractivity contribution in [2.45, 2.75) is 33.1 Å². The van der Waals surface area contributed by atoms with Crippen LogP contribution in [0, 0.1) is 13.8 Å². The largest absolute Gasteiger partial charge is 0.360 e. The SMILES string of the molecule is Cc1cccc(N2CC[NH+](CCC(=O)Nc3ccc(N4CCCC4=O)cc3)CC2)c1C. The molecule has 2 saturated heterocycles. The molecule has 0 unspecified atom stereocenters. The first-order chi connectivity index (χ1) is 15.0. The number of hydrogen-bond acceptors (Lipinski definition) is 3. The standard InChI is InChI=1S/C25H32N4O2/c1-19-5-3-6-23(20(19)2)28-17-15-27(16-18-28)14-12-24(30)26-21-8-10-22(11-9-21)29-13-4-7-25(29)31/h3,5-6,8-11H,4,7,12-18H2,1-2H3,(H,26,30)/p+1. The molecule has 164 valence electrons. The van der Waals surface area contributed by atoms with Gasteiger partial charge in [0.25, 0.3) is 0 Å². The van der Waals surface area contributed by atoms with Crippen LogP contribution < -0.4 is 20.0 Å². The number of piperazine rings is 1. The Morgan fingerprint density at radius 3 is 2.45 bits per heavy atom. The number of quaternary nitrogens is 1. The summed E-state index contributed by atoms with van der Waals surface area (Å²) < 4.78 is 0. The van der Waals surface area contributed by atoms with Gasteiger partial charge in [0.2, 0.25) is 11.8 Å². The fourth-order valence-corrected chi connectivity index (χ4v) is 4.55. The number of rotatable bonds is 6. The molecule has 6 nitrogen and oxygen atoms in total. The van der Waals surface area contributed by atoms with E-state index in [2.05, 4.69) is 42.3 Å². The van der Waals surface area contributed by atoms with Crippen molar-refractivity contribution in [3.8, 4) is 0 Å². The summed E-state index contributed by atoms with van der Waals surface area (Å²) in [5, 5.41) is 2.99. The van der Waals surface area contributed by atoms with E-state index in [4.69, 9.17) is 0 Å². The van der Waals surface area contributed by atoms with Gasteiger partial charge in [0.05, 0.1) is 39.1 Å². The smallest absolute Gasteiger partial charge is 0.230 e. The Labute approximate surface area is 184 Å². The van der Waals surface area contributed by atoms with Crippen LogP contribution in [0.1, 0.15) is 30.4 Å². The third-order valence-corrected chi connectivity index (χ3v) is 6.63. The lowest BCUT2D eigenvalue weighted by molar-refractivity contribution is -0.900. The molecule has 0 atom stereocenters. The fraction of sp³-hybridized carbons (Fsp3) is 0.440. The summed E-state index contributed by atoms with van der Waals surface area (Å²) in [7, 11) is 0. The van der Waals surface area contributed by atoms with Crippen LogP contribution in [0.25, 0.3) is 0 Å². The molecule has 0 saturated carbocycles. The van der Waals surface area contributed by atoms with Crippen molar-refractivity contribution in [1.29, 1.82) is 0 Å². The number of anilines is 3. The van der Waals surface area contributed by atoms with E-state index in [1.807, 2.05) is 29.2 Å². The second kappa shape index (κ2) is 9.52. The van der Waals surface area contributed by atoms with Crippen LogP contribution >= 0.6 is 0 Å². The summed E-state index contributed by atoms with van der Waals surface area (Å²) in [6.07, 6.45) is 2.06. The van der Waals surface area contributed by atoms with Crippen LogP contribution in [-0.2, 0) is 9.59 Å². The van der Waals surface area contributed by atoms with Gasteiger partial charge in [-0.05, 0) is 61.7 Å². The summed E-state index contributed by atoms with van der Waals surface area (Å²) in [5.74, 6) is 0.229. The number of aryl methyl sites for hydroxylation is 1. The van der Waals surface area contributed by atoms with Crippen molar-refractivity contribution < 1.29 is 14.5 Å². The zero-order chi connectivity index (χ0) is 21.8. The predicted molar refractivity (Wildman–Crippen MR) is 125 cm³/mol. The molecule has 2 N–H and O–H groups in total. The Bertz CT molecular complexity index is 933. The van der Waals surface area contributed by atoms with Crippen LogP contribution in [-0.4, -0.2) is 51.1 Å². The van der Waals surface area contributed by atoms with E-state index < -0.39 is 0 Å². The molecule has 2 fully saturated rings. The Hall–Kier alpha value is -2.86. The van der Waals surface area contributed by atoms with Gasteiger partial charge >= 0.3 is 0 Å². The molecule has 0 radical (unpaired) electrons. The third-order valence-electron chi connectivity index (χ3n) is 6.63. The first-order valence-corrected chi connectivity index (χ1v) is 11.4. The fourth-order valence-electron chi connectivity index (χ4n) is 4.55.